The molecule has 1 aromatic carbocycles. The Balaban J connectivity index is 1.92. The Morgan fingerprint density at radius 1 is 1.35 bits per heavy atom. The molecule has 0 radical (unpaired) electrons. The minimum atomic E-state index is -1.22. The van der Waals surface area contributed by atoms with Gasteiger partial charge in [0, 0.05) is 24.3 Å². The third-order valence-corrected chi connectivity index (χ3v) is 5.60. The predicted octanol–water partition coefficient (Wildman–Crippen LogP) is 2.56. The number of hydrogen-bond acceptors (Lipinski definition) is 3. The Kier molecular flexibility index (Phi) is 5.29. The Bertz CT molecular complexity index is 447. The molecule has 1 N–H and O–H groups in total. The van der Waals surface area contributed by atoms with Crippen molar-refractivity contribution in [1.29, 1.82) is 0 Å². The fourth-order valence-electron chi connectivity index (χ4n) is 2.16. The molecule has 0 unspecified atom stereocenters. The van der Waals surface area contributed by atoms with Crippen LogP contribution in [0.25, 0.3) is 0 Å². The molecule has 1 saturated heterocycles. The summed E-state index contributed by atoms with van der Waals surface area (Å²) in [6.07, 6.45) is 0.867. The summed E-state index contributed by atoms with van der Waals surface area (Å²) in [5.74, 6) is 2.05. The molecule has 1 aromatic rings. The average Bonchev–Trinajstić information content (AvgIpc) is 2.84. The lowest BCUT2D eigenvalue weighted by Gasteiger charge is -2.24. The number of nitrogens with zero attached hydrogens (tertiary/aromatic N) is 1. The fraction of sp³-hybridized carbons (Fsp3) is 0.533. The number of nitrogens with one attached hydrogen (secondary N) is 1. The van der Waals surface area contributed by atoms with Crippen molar-refractivity contribution >= 4 is 25.7 Å². The van der Waals surface area contributed by atoms with Gasteiger partial charge in [-0.15, -0.1) is 11.8 Å². The molecule has 0 spiro atoms. The second kappa shape index (κ2) is 6.78. The van der Waals surface area contributed by atoms with E-state index in [1.165, 1.54) is 5.56 Å². The van der Waals surface area contributed by atoms with Crippen LogP contribution >= 0.6 is 11.8 Å². The first-order valence-electron chi connectivity index (χ1n) is 7.09. The molecule has 1 fully saturated rings. The second-order valence-corrected chi connectivity index (χ2v) is 13.0. The van der Waals surface area contributed by atoms with Gasteiger partial charge in [-0.1, -0.05) is 50.0 Å². The number of amides is 1. The van der Waals surface area contributed by atoms with Crippen LogP contribution in [0.15, 0.2) is 30.3 Å². The van der Waals surface area contributed by atoms with Crippen molar-refractivity contribution in [2.75, 3.05) is 17.8 Å². The summed E-state index contributed by atoms with van der Waals surface area (Å²) in [5.41, 5.74) is 1.28. The summed E-state index contributed by atoms with van der Waals surface area (Å²) in [6.45, 7) is 7.69. The van der Waals surface area contributed by atoms with Crippen molar-refractivity contribution in [2.24, 2.45) is 0 Å². The molecule has 3 nitrogen and oxygen atoms in total. The first-order valence-corrected chi connectivity index (χ1v) is 12.0. The van der Waals surface area contributed by atoms with E-state index < -0.39 is 8.07 Å². The SMILES string of the molecule is C[Si](C)(C)CNC(=O)[C@@H]1CSCN1Cc1ccccc1. The summed E-state index contributed by atoms with van der Waals surface area (Å²) in [6, 6.07) is 10.4. The quantitative estimate of drug-likeness (QED) is 0.849. The van der Waals surface area contributed by atoms with Crippen LogP contribution in [0.3, 0.4) is 0 Å². The van der Waals surface area contributed by atoms with Crippen LogP contribution in [0.4, 0.5) is 0 Å². The minimum absolute atomic E-state index is 0.0246. The van der Waals surface area contributed by atoms with Crippen LogP contribution in [0.2, 0.25) is 19.6 Å². The van der Waals surface area contributed by atoms with E-state index in [-0.39, 0.29) is 11.9 Å². The number of rotatable bonds is 5. The summed E-state index contributed by atoms with van der Waals surface area (Å²) >= 11 is 1.85. The zero-order valence-corrected chi connectivity index (χ0v) is 14.4. The van der Waals surface area contributed by atoms with Gasteiger partial charge in [-0.05, 0) is 5.56 Å². The van der Waals surface area contributed by atoms with Crippen LogP contribution in [-0.2, 0) is 11.3 Å². The highest BCUT2D eigenvalue weighted by Crippen LogP contribution is 2.23. The second-order valence-electron chi connectivity index (χ2n) is 6.53. The van der Waals surface area contributed by atoms with Crippen molar-refractivity contribution in [3.8, 4) is 0 Å². The summed E-state index contributed by atoms with van der Waals surface area (Å²) in [5, 5.41) is 3.15. The number of hydrogen-bond donors (Lipinski definition) is 1. The minimum Gasteiger partial charge on any atom is -0.358 e. The van der Waals surface area contributed by atoms with E-state index >= 15 is 0 Å². The largest absolute Gasteiger partial charge is 0.358 e. The number of thioether (sulfide) groups is 1. The Hall–Kier alpha value is -0.783. The molecule has 0 aliphatic carbocycles. The number of benzene rings is 1. The van der Waals surface area contributed by atoms with Crippen LogP contribution in [0.1, 0.15) is 5.56 Å². The topological polar surface area (TPSA) is 32.3 Å². The monoisotopic (exact) mass is 308 g/mol. The Morgan fingerprint density at radius 2 is 2.05 bits per heavy atom. The lowest BCUT2D eigenvalue weighted by molar-refractivity contribution is -0.124. The van der Waals surface area contributed by atoms with Crippen molar-refractivity contribution in [2.45, 2.75) is 32.2 Å². The Morgan fingerprint density at radius 3 is 2.70 bits per heavy atom. The third kappa shape index (κ3) is 4.65. The van der Waals surface area contributed by atoms with Gasteiger partial charge in [0.05, 0.1) is 14.1 Å². The van der Waals surface area contributed by atoms with Gasteiger partial charge in [-0.3, -0.25) is 9.69 Å². The van der Waals surface area contributed by atoms with Gasteiger partial charge < -0.3 is 5.32 Å². The third-order valence-electron chi connectivity index (χ3n) is 3.30. The smallest absolute Gasteiger partial charge is 0.237 e. The lowest BCUT2D eigenvalue weighted by atomic mass is 10.2. The molecule has 110 valence electrons. The molecule has 1 aliphatic heterocycles. The molecular formula is C15H24N2OSSi. The highest BCUT2D eigenvalue weighted by molar-refractivity contribution is 7.99. The molecule has 2 rings (SSSR count). The van der Waals surface area contributed by atoms with Gasteiger partial charge in [0.15, 0.2) is 0 Å². The summed E-state index contributed by atoms with van der Waals surface area (Å²) in [4.78, 5) is 14.6. The predicted molar refractivity (Wildman–Crippen MR) is 89.5 cm³/mol. The normalized spacial score (nSPS) is 20.1. The number of carbonyl (C=O) groups excluding carboxylic acids is 1. The first kappa shape index (κ1) is 15.6. The highest BCUT2D eigenvalue weighted by Gasteiger charge is 2.31. The van der Waals surface area contributed by atoms with Crippen LogP contribution in [-0.4, -0.2) is 42.7 Å². The van der Waals surface area contributed by atoms with Gasteiger partial charge in [0.25, 0.3) is 0 Å². The molecule has 0 saturated carbocycles. The molecule has 1 atom stereocenters. The van der Waals surface area contributed by atoms with Crippen LogP contribution in [0.5, 0.6) is 0 Å². The molecule has 5 heteroatoms. The lowest BCUT2D eigenvalue weighted by Crippen LogP contribution is -2.48. The van der Waals surface area contributed by atoms with E-state index in [2.05, 4.69) is 54.1 Å². The molecular weight excluding hydrogens is 284 g/mol. The van der Waals surface area contributed by atoms with Crippen molar-refractivity contribution < 1.29 is 4.79 Å². The first-order chi connectivity index (χ1) is 9.46. The van der Waals surface area contributed by atoms with Gasteiger partial charge in [0.2, 0.25) is 5.91 Å². The maximum Gasteiger partial charge on any atom is 0.237 e. The average molecular weight is 309 g/mol. The summed E-state index contributed by atoms with van der Waals surface area (Å²) in [7, 11) is -1.22. The molecule has 1 heterocycles. The van der Waals surface area contributed by atoms with Crippen molar-refractivity contribution in [1.82, 2.24) is 10.2 Å². The van der Waals surface area contributed by atoms with Gasteiger partial charge in [0.1, 0.15) is 0 Å². The van der Waals surface area contributed by atoms with Crippen LogP contribution in [0, 0.1) is 0 Å². The van der Waals surface area contributed by atoms with E-state index in [0.29, 0.717) is 0 Å². The molecule has 20 heavy (non-hydrogen) atoms. The van der Waals surface area contributed by atoms with Crippen molar-refractivity contribution in [3.63, 3.8) is 0 Å². The van der Waals surface area contributed by atoms with Gasteiger partial charge >= 0.3 is 0 Å². The van der Waals surface area contributed by atoms with Gasteiger partial charge in [-0.2, -0.15) is 0 Å². The standard InChI is InChI=1S/C15H24N2OSSi/c1-20(2,3)11-16-15(18)14-10-19-12-17(14)9-13-7-5-4-6-8-13/h4-8,14H,9-12H2,1-3H3,(H,16,18)/t14-/m0/s1. The zero-order chi connectivity index (χ0) is 14.6. The van der Waals surface area contributed by atoms with E-state index in [4.69, 9.17) is 0 Å². The number of carbonyl (C=O) groups is 1. The van der Waals surface area contributed by atoms with E-state index in [1.54, 1.807) is 0 Å². The molecule has 0 bridgehead atoms. The van der Waals surface area contributed by atoms with Gasteiger partial charge in [-0.25, -0.2) is 0 Å². The Labute approximate surface area is 127 Å². The highest BCUT2D eigenvalue weighted by atomic mass is 32.2. The molecule has 1 aliphatic rings. The fourth-order valence-corrected chi connectivity index (χ4v) is 4.06. The van der Waals surface area contributed by atoms with E-state index in [0.717, 1.165) is 24.3 Å². The molecule has 1 amide bonds. The molecule has 0 aromatic heterocycles. The summed E-state index contributed by atoms with van der Waals surface area (Å²) < 4.78 is 0. The van der Waals surface area contributed by atoms with Crippen LogP contribution < -0.4 is 5.32 Å². The zero-order valence-electron chi connectivity index (χ0n) is 12.6. The van der Waals surface area contributed by atoms with E-state index in [9.17, 15) is 4.79 Å². The van der Waals surface area contributed by atoms with E-state index in [1.807, 2.05) is 17.8 Å². The van der Waals surface area contributed by atoms with Crippen molar-refractivity contribution in [3.05, 3.63) is 35.9 Å². The maximum absolute atomic E-state index is 12.3. The maximum atomic E-state index is 12.3.